The van der Waals surface area contributed by atoms with Gasteiger partial charge in [0.1, 0.15) is 11.6 Å². The van der Waals surface area contributed by atoms with Crippen molar-refractivity contribution < 1.29 is 0 Å². The van der Waals surface area contributed by atoms with Gasteiger partial charge in [0, 0.05) is 50.3 Å². The van der Waals surface area contributed by atoms with E-state index in [4.69, 9.17) is 0 Å². The third-order valence-electron chi connectivity index (χ3n) is 3.88. The van der Waals surface area contributed by atoms with Crippen LogP contribution in [-0.4, -0.2) is 25.6 Å². The lowest BCUT2D eigenvalue weighted by Crippen LogP contribution is -2.27. The van der Waals surface area contributed by atoms with Crippen molar-refractivity contribution in [1.29, 1.82) is 0 Å². The highest BCUT2D eigenvalue weighted by atomic mass is 15.1. The predicted molar refractivity (Wildman–Crippen MR) is 73.8 cm³/mol. The summed E-state index contributed by atoms with van der Waals surface area (Å²) in [6, 6.07) is 0. The summed E-state index contributed by atoms with van der Waals surface area (Å²) in [7, 11) is 0. The Morgan fingerprint density at radius 3 is 3.11 bits per heavy atom. The quantitative estimate of drug-likeness (QED) is 0.890. The lowest BCUT2D eigenvalue weighted by molar-refractivity contribution is 0.419. The van der Waals surface area contributed by atoms with E-state index in [2.05, 4.69) is 37.5 Å². The van der Waals surface area contributed by atoms with Crippen LogP contribution in [0.4, 0.5) is 0 Å². The van der Waals surface area contributed by atoms with Crippen LogP contribution in [0.1, 0.15) is 37.3 Å². The summed E-state index contributed by atoms with van der Waals surface area (Å²) in [6.07, 6.45) is 10.4. The average Bonchev–Trinajstić information content (AvgIpc) is 3.07. The summed E-state index contributed by atoms with van der Waals surface area (Å²) in [5.74, 6) is 2.88. The number of aryl methyl sites for hydroxylation is 2. The SMILES string of the molecule is CCn1ccnc1CNCC1CCCn2ccnc21. The van der Waals surface area contributed by atoms with Gasteiger partial charge in [-0.25, -0.2) is 9.97 Å². The monoisotopic (exact) mass is 259 g/mol. The molecule has 3 heterocycles. The van der Waals surface area contributed by atoms with Crippen LogP contribution in [0.2, 0.25) is 0 Å². The molecule has 2 aromatic heterocycles. The van der Waals surface area contributed by atoms with Gasteiger partial charge in [0.25, 0.3) is 0 Å². The summed E-state index contributed by atoms with van der Waals surface area (Å²) in [4.78, 5) is 8.87. The van der Waals surface area contributed by atoms with Gasteiger partial charge < -0.3 is 14.5 Å². The van der Waals surface area contributed by atoms with E-state index in [0.717, 1.165) is 32.0 Å². The Hall–Kier alpha value is -1.62. The lowest BCUT2D eigenvalue weighted by atomic mass is 9.99. The van der Waals surface area contributed by atoms with Gasteiger partial charge >= 0.3 is 0 Å². The Kier molecular flexibility index (Phi) is 3.64. The van der Waals surface area contributed by atoms with Crippen molar-refractivity contribution in [1.82, 2.24) is 24.4 Å². The molecule has 3 rings (SSSR count). The molecule has 2 aromatic rings. The minimum absolute atomic E-state index is 0.536. The Labute approximate surface area is 113 Å². The molecule has 0 aromatic carbocycles. The summed E-state index contributed by atoms with van der Waals surface area (Å²) in [5.41, 5.74) is 0. The first-order valence-corrected chi connectivity index (χ1v) is 7.10. The number of imidazole rings is 2. The summed E-state index contributed by atoms with van der Waals surface area (Å²) in [6.45, 7) is 6.05. The molecule has 1 atom stereocenters. The summed E-state index contributed by atoms with van der Waals surface area (Å²) in [5, 5.41) is 3.53. The topological polar surface area (TPSA) is 47.7 Å². The van der Waals surface area contributed by atoms with Crippen LogP contribution < -0.4 is 5.32 Å². The minimum Gasteiger partial charge on any atom is -0.335 e. The van der Waals surface area contributed by atoms with Crippen LogP contribution in [0.5, 0.6) is 0 Å². The largest absolute Gasteiger partial charge is 0.335 e. The van der Waals surface area contributed by atoms with Crippen molar-refractivity contribution in [2.75, 3.05) is 6.54 Å². The molecule has 19 heavy (non-hydrogen) atoms. The molecular formula is C14H21N5. The number of nitrogens with zero attached hydrogens (tertiary/aromatic N) is 4. The highest BCUT2D eigenvalue weighted by Gasteiger charge is 2.20. The highest BCUT2D eigenvalue weighted by molar-refractivity contribution is 5.04. The molecule has 102 valence electrons. The molecule has 0 amide bonds. The maximum absolute atomic E-state index is 4.49. The van der Waals surface area contributed by atoms with Gasteiger partial charge in [-0.05, 0) is 19.8 Å². The van der Waals surface area contributed by atoms with E-state index in [1.807, 2.05) is 18.6 Å². The van der Waals surface area contributed by atoms with Gasteiger partial charge in [0.05, 0.1) is 6.54 Å². The first kappa shape index (κ1) is 12.4. The number of fused-ring (bicyclic) bond motifs is 1. The Morgan fingerprint density at radius 2 is 2.21 bits per heavy atom. The molecule has 0 saturated heterocycles. The van der Waals surface area contributed by atoms with Crippen molar-refractivity contribution in [3.63, 3.8) is 0 Å². The number of aromatic nitrogens is 4. The van der Waals surface area contributed by atoms with E-state index in [9.17, 15) is 0 Å². The number of hydrogen-bond donors (Lipinski definition) is 1. The summed E-state index contributed by atoms with van der Waals surface area (Å²) < 4.78 is 4.46. The molecule has 1 aliphatic rings. The first-order chi connectivity index (χ1) is 9.38. The molecule has 1 unspecified atom stereocenters. The molecule has 0 saturated carbocycles. The molecule has 5 nitrogen and oxygen atoms in total. The van der Waals surface area contributed by atoms with E-state index in [1.54, 1.807) is 0 Å². The average molecular weight is 259 g/mol. The fourth-order valence-electron chi connectivity index (χ4n) is 2.85. The Morgan fingerprint density at radius 1 is 1.32 bits per heavy atom. The maximum atomic E-state index is 4.49. The zero-order valence-electron chi connectivity index (χ0n) is 11.4. The minimum atomic E-state index is 0.536. The molecule has 1 aliphatic heterocycles. The van der Waals surface area contributed by atoms with Crippen LogP contribution in [0.15, 0.2) is 24.8 Å². The number of rotatable bonds is 5. The van der Waals surface area contributed by atoms with Crippen molar-refractivity contribution >= 4 is 0 Å². The van der Waals surface area contributed by atoms with Crippen LogP contribution in [0, 0.1) is 0 Å². The molecule has 0 bridgehead atoms. The zero-order valence-corrected chi connectivity index (χ0v) is 11.4. The van der Waals surface area contributed by atoms with Gasteiger partial charge in [-0.3, -0.25) is 0 Å². The van der Waals surface area contributed by atoms with E-state index >= 15 is 0 Å². The van der Waals surface area contributed by atoms with Gasteiger partial charge in [-0.1, -0.05) is 0 Å². The first-order valence-electron chi connectivity index (χ1n) is 7.10. The van der Waals surface area contributed by atoms with Crippen molar-refractivity contribution in [2.24, 2.45) is 0 Å². The van der Waals surface area contributed by atoms with Crippen molar-refractivity contribution in [3.05, 3.63) is 36.4 Å². The van der Waals surface area contributed by atoms with Crippen LogP contribution in [0.3, 0.4) is 0 Å². The van der Waals surface area contributed by atoms with E-state index in [0.29, 0.717) is 5.92 Å². The Balaban J connectivity index is 1.57. The standard InChI is InChI=1S/C14H21N5/c1-2-18-8-5-16-13(18)11-15-10-12-4-3-7-19-9-6-17-14(12)19/h5-6,8-9,12,15H,2-4,7,10-11H2,1H3. The molecular weight excluding hydrogens is 238 g/mol. The molecule has 0 fully saturated rings. The van der Waals surface area contributed by atoms with E-state index in [1.165, 1.54) is 18.7 Å². The third kappa shape index (κ3) is 2.56. The van der Waals surface area contributed by atoms with Gasteiger partial charge in [-0.2, -0.15) is 0 Å². The number of hydrogen-bond acceptors (Lipinski definition) is 3. The van der Waals surface area contributed by atoms with Gasteiger partial charge in [0.15, 0.2) is 0 Å². The summed E-state index contributed by atoms with van der Waals surface area (Å²) >= 11 is 0. The second-order valence-corrected chi connectivity index (χ2v) is 5.08. The highest BCUT2D eigenvalue weighted by Crippen LogP contribution is 2.24. The van der Waals surface area contributed by atoms with Crippen molar-refractivity contribution in [3.8, 4) is 0 Å². The van der Waals surface area contributed by atoms with Crippen LogP contribution in [-0.2, 0) is 19.6 Å². The van der Waals surface area contributed by atoms with E-state index < -0.39 is 0 Å². The number of nitrogens with one attached hydrogen (secondary N) is 1. The van der Waals surface area contributed by atoms with Gasteiger partial charge in [0.2, 0.25) is 0 Å². The molecule has 5 heteroatoms. The molecule has 0 aliphatic carbocycles. The second kappa shape index (κ2) is 5.57. The fourth-order valence-corrected chi connectivity index (χ4v) is 2.85. The van der Waals surface area contributed by atoms with Crippen molar-refractivity contribution in [2.45, 2.75) is 45.3 Å². The predicted octanol–water partition coefficient (Wildman–Crippen LogP) is 1.77. The van der Waals surface area contributed by atoms with E-state index in [-0.39, 0.29) is 0 Å². The fraction of sp³-hybridized carbons (Fsp3) is 0.571. The maximum Gasteiger partial charge on any atom is 0.122 e. The normalized spacial score (nSPS) is 18.5. The smallest absolute Gasteiger partial charge is 0.122 e. The lowest BCUT2D eigenvalue weighted by Gasteiger charge is -2.23. The van der Waals surface area contributed by atoms with Gasteiger partial charge in [-0.15, -0.1) is 0 Å². The zero-order chi connectivity index (χ0) is 13.1. The molecule has 0 spiro atoms. The third-order valence-corrected chi connectivity index (χ3v) is 3.88. The molecule has 1 N–H and O–H groups in total. The van der Waals surface area contributed by atoms with Crippen LogP contribution >= 0.6 is 0 Å². The van der Waals surface area contributed by atoms with Crippen LogP contribution in [0.25, 0.3) is 0 Å². The molecule has 0 radical (unpaired) electrons. The Bertz CT molecular complexity index is 527. The second-order valence-electron chi connectivity index (χ2n) is 5.08.